The van der Waals surface area contributed by atoms with Gasteiger partial charge in [0.2, 0.25) is 0 Å². The number of sulfonamides is 1. The van der Waals surface area contributed by atoms with Gasteiger partial charge in [0.25, 0.3) is 15.9 Å². The number of phenolic OH excluding ortho intramolecular Hbond substituents is 1. The van der Waals surface area contributed by atoms with Gasteiger partial charge in [-0.3, -0.25) is 4.79 Å². The number of unbranched alkanes of at least 4 members (excludes halogenated alkanes) is 1. The second-order valence-corrected chi connectivity index (χ2v) is 9.53. The van der Waals surface area contributed by atoms with Gasteiger partial charge in [0, 0.05) is 19.2 Å². The summed E-state index contributed by atoms with van der Waals surface area (Å²) in [5.74, 6) is 0.732. The maximum atomic E-state index is 12.5. The topological polar surface area (TPSA) is 105 Å². The Morgan fingerprint density at radius 1 is 1.25 bits per heavy atom. The fourth-order valence-electron chi connectivity index (χ4n) is 3.98. The fraction of sp³-hybridized carbons (Fsp3) is 0.409. The molecule has 0 radical (unpaired) electrons. The highest BCUT2D eigenvalue weighted by molar-refractivity contribution is 7.90. The molecule has 0 aromatic heterocycles. The zero-order valence-electron chi connectivity index (χ0n) is 17.7. The molecule has 0 aliphatic carbocycles. The lowest BCUT2D eigenvalue weighted by Crippen LogP contribution is -2.35. The summed E-state index contributed by atoms with van der Waals surface area (Å²) >= 11 is 0. The number of halogens is 1. The lowest BCUT2D eigenvalue weighted by Gasteiger charge is -2.27. The summed E-state index contributed by atoms with van der Waals surface area (Å²) in [6, 6.07) is 9.72. The first-order valence-corrected chi connectivity index (χ1v) is 11.8. The molecule has 2 N–H and O–H groups in total. The summed E-state index contributed by atoms with van der Waals surface area (Å²) in [5, 5.41) is 13.3. The van der Waals surface area contributed by atoms with Gasteiger partial charge in [-0.2, -0.15) is 0 Å². The maximum absolute atomic E-state index is 12.5. The van der Waals surface area contributed by atoms with Crippen molar-refractivity contribution in [1.29, 1.82) is 0 Å². The summed E-state index contributed by atoms with van der Waals surface area (Å²) < 4.78 is 37.1. The van der Waals surface area contributed by atoms with E-state index in [1.54, 1.807) is 30.3 Å². The van der Waals surface area contributed by atoms with Crippen LogP contribution in [0.4, 0.5) is 0 Å². The highest BCUT2D eigenvalue weighted by Crippen LogP contribution is 2.37. The van der Waals surface area contributed by atoms with Crippen molar-refractivity contribution in [3.63, 3.8) is 0 Å². The Morgan fingerprint density at radius 3 is 2.78 bits per heavy atom. The second kappa shape index (κ2) is 9.97. The number of carbonyl (C=O) groups excluding carboxylic acids is 1. The van der Waals surface area contributed by atoms with E-state index in [-0.39, 0.29) is 41.3 Å². The number of nitrogens with one attached hydrogen (secondary N) is 1. The molecule has 1 amide bonds. The first-order valence-electron chi connectivity index (χ1n) is 10.3. The Hall–Kier alpha value is -2.49. The number of carbonyl (C=O) groups is 1. The number of hydrogen-bond donors (Lipinski definition) is 2. The van der Waals surface area contributed by atoms with Crippen LogP contribution in [0.5, 0.6) is 17.2 Å². The van der Waals surface area contributed by atoms with E-state index in [0.29, 0.717) is 31.0 Å². The number of rotatable bonds is 8. The van der Waals surface area contributed by atoms with Crippen LogP contribution in [0, 0.1) is 0 Å². The molecule has 0 fully saturated rings. The normalized spacial score (nSPS) is 18.3. The molecule has 2 aliphatic heterocycles. The lowest BCUT2D eigenvalue weighted by atomic mass is 10.0. The van der Waals surface area contributed by atoms with Crippen LogP contribution in [-0.4, -0.2) is 56.6 Å². The van der Waals surface area contributed by atoms with E-state index in [1.807, 2.05) is 0 Å². The van der Waals surface area contributed by atoms with Crippen LogP contribution in [0.15, 0.2) is 41.3 Å². The molecule has 174 valence electrons. The summed E-state index contributed by atoms with van der Waals surface area (Å²) in [6.45, 7) is 1.51. The maximum Gasteiger partial charge on any atom is 0.269 e. The molecule has 2 aromatic rings. The van der Waals surface area contributed by atoms with E-state index >= 15 is 0 Å². The van der Waals surface area contributed by atoms with Crippen LogP contribution in [-0.2, 0) is 16.4 Å². The van der Waals surface area contributed by atoms with Crippen LogP contribution >= 0.6 is 12.4 Å². The predicted octanol–water partition coefficient (Wildman–Crippen LogP) is 2.73. The molecule has 0 bridgehead atoms. The number of fused-ring (bicyclic) bond motifs is 2. The number of aromatic hydroxyl groups is 1. The van der Waals surface area contributed by atoms with Crippen molar-refractivity contribution in [1.82, 2.24) is 9.62 Å². The molecule has 0 saturated heterocycles. The van der Waals surface area contributed by atoms with Crippen molar-refractivity contribution in [2.24, 2.45) is 0 Å². The SMILES string of the molecule is COc1cc2c(cc1O)OC(CNCCCCN1C(=O)c3ccccc3S1(=O)=O)CC2.Cl. The largest absolute Gasteiger partial charge is 0.504 e. The monoisotopic (exact) mass is 482 g/mol. The van der Waals surface area contributed by atoms with Gasteiger partial charge in [-0.1, -0.05) is 12.1 Å². The summed E-state index contributed by atoms with van der Waals surface area (Å²) in [5.41, 5.74) is 1.27. The molecule has 0 saturated carbocycles. The Bertz CT molecular complexity index is 1090. The van der Waals surface area contributed by atoms with Gasteiger partial charge in [-0.05, 0) is 56.0 Å². The minimum absolute atomic E-state index is 0. The van der Waals surface area contributed by atoms with Crippen molar-refractivity contribution in [2.45, 2.75) is 36.7 Å². The zero-order valence-corrected chi connectivity index (χ0v) is 19.4. The molecule has 2 heterocycles. The van der Waals surface area contributed by atoms with Crippen molar-refractivity contribution in [2.75, 3.05) is 26.7 Å². The van der Waals surface area contributed by atoms with Gasteiger partial charge in [0.05, 0.1) is 12.7 Å². The van der Waals surface area contributed by atoms with E-state index in [2.05, 4.69) is 5.32 Å². The molecule has 8 nitrogen and oxygen atoms in total. The van der Waals surface area contributed by atoms with Crippen molar-refractivity contribution < 1.29 is 27.8 Å². The summed E-state index contributed by atoms with van der Waals surface area (Å²) in [4.78, 5) is 12.5. The highest BCUT2D eigenvalue weighted by atomic mass is 35.5. The zero-order chi connectivity index (χ0) is 22.0. The van der Waals surface area contributed by atoms with Gasteiger partial charge >= 0.3 is 0 Å². The van der Waals surface area contributed by atoms with E-state index in [9.17, 15) is 18.3 Å². The molecule has 1 atom stereocenters. The van der Waals surface area contributed by atoms with Gasteiger partial charge < -0.3 is 19.9 Å². The molecular formula is C22H27ClN2O6S. The number of hydrogen-bond acceptors (Lipinski definition) is 7. The minimum Gasteiger partial charge on any atom is -0.504 e. The first kappa shape index (κ1) is 24.2. The third kappa shape index (κ3) is 4.65. The Labute approximate surface area is 194 Å². The Morgan fingerprint density at radius 2 is 2.03 bits per heavy atom. The smallest absolute Gasteiger partial charge is 0.269 e. The quantitative estimate of drug-likeness (QED) is 0.557. The average Bonchev–Trinajstić information content (AvgIpc) is 2.96. The number of benzene rings is 2. The van der Waals surface area contributed by atoms with Gasteiger partial charge in [-0.15, -0.1) is 12.4 Å². The molecule has 1 unspecified atom stereocenters. The Balaban J connectivity index is 0.00000289. The fourth-order valence-corrected chi connectivity index (χ4v) is 5.59. The van der Waals surface area contributed by atoms with Crippen LogP contribution in [0.2, 0.25) is 0 Å². The minimum atomic E-state index is -3.73. The van der Waals surface area contributed by atoms with Gasteiger partial charge in [0.1, 0.15) is 16.7 Å². The van der Waals surface area contributed by atoms with Gasteiger partial charge in [0.15, 0.2) is 11.5 Å². The molecule has 2 aromatic carbocycles. The summed E-state index contributed by atoms with van der Waals surface area (Å²) in [7, 11) is -2.21. The molecule has 32 heavy (non-hydrogen) atoms. The van der Waals surface area contributed by atoms with Crippen molar-refractivity contribution in [3.8, 4) is 17.2 Å². The molecule has 0 spiro atoms. The first-order chi connectivity index (χ1) is 14.9. The van der Waals surface area contributed by atoms with Crippen LogP contribution in [0.1, 0.15) is 35.2 Å². The average molecular weight is 483 g/mol. The number of phenols is 1. The van der Waals surface area contributed by atoms with Crippen molar-refractivity contribution >= 4 is 28.3 Å². The van der Waals surface area contributed by atoms with Crippen LogP contribution < -0.4 is 14.8 Å². The van der Waals surface area contributed by atoms with Crippen LogP contribution in [0.25, 0.3) is 0 Å². The standard InChI is InChI=1S/C22H26N2O6S.ClH/c1-29-20-12-15-8-9-16(30-19(15)13-18(20)25)14-23-10-4-5-11-24-22(26)17-6-2-3-7-21(17)31(24,27)28;/h2-3,6-7,12-13,16,23,25H,4-5,8-11,14H2,1H3;1H. The highest BCUT2D eigenvalue weighted by Gasteiger charge is 2.40. The van der Waals surface area contributed by atoms with Crippen LogP contribution in [0.3, 0.4) is 0 Å². The van der Waals surface area contributed by atoms with E-state index in [4.69, 9.17) is 9.47 Å². The number of aryl methyl sites for hydroxylation is 1. The van der Waals surface area contributed by atoms with Crippen molar-refractivity contribution in [3.05, 3.63) is 47.5 Å². The third-order valence-corrected chi connectivity index (χ3v) is 7.48. The van der Waals surface area contributed by atoms with Gasteiger partial charge in [-0.25, -0.2) is 12.7 Å². The third-order valence-electron chi connectivity index (χ3n) is 5.64. The predicted molar refractivity (Wildman–Crippen MR) is 121 cm³/mol. The number of ether oxygens (including phenoxy) is 2. The Kier molecular flexibility index (Phi) is 7.53. The lowest BCUT2D eigenvalue weighted by molar-refractivity contribution is 0.0869. The van der Waals surface area contributed by atoms with E-state index in [0.717, 1.165) is 29.1 Å². The summed E-state index contributed by atoms with van der Waals surface area (Å²) in [6.07, 6.45) is 3.00. The van der Waals surface area contributed by atoms with E-state index in [1.165, 1.54) is 13.2 Å². The number of amides is 1. The number of nitrogens with zero attached hydrogens (tertiary/aromatic N) is 1. The number of methoxy groups -OCH3 is 1. The molecule has 2 aliphatic rings. The second-order valence-electron chi connectivity index (χ2n) is 7.70. The molecule has 10 heteroatoms. The van der Waals surface area contributed by atoms with E-state index < -0.39 is 15.9 Å². The molecular weight excluding hydrogens is 456 g/mol. The molecule has 4 rings (SSSR count).